The van der Waals surface area contributed by atoms with Crippen LogP contribution in [-0.4, -0.2) is 49.1 Å². The fourth-order valence-corrected chi connectivity index (χ4v) is 1.54. The number of rotatable bonds is 9. The van der Waals surface area contributed by atoms with Gasteiger partial charge < -0.3 is 9.80 Å². The predicted molar refractivity (Wildman–Crippen MR) is 64.5 cm³/mol. The van der Waals surface area contributed by atoms with Crippen molar-refractivity contribution >= 4 is 0 Å². The number of nitrogens with zero attached hydrogens (tertiary/aromatic N) is 2. The summed E-state index contributed by atoms with van der Waals surface area (Å²) in [6, 6.07) is 0. The minimum absolute atomic E-state index is 0.946. The topological polar surface area (TPSA) is 6.48 Å². The van der Waals surface area contributed by atoms with Gasteiger partial charge in [-0.2, -0.15) is 0 Å². The zero-order chi connectivity index (χ0) is 10.8. The Labute approximate surface area is 90.3 Å². The van der Waals surface area contributed by atoms with Crippen LogP contribution in [0.5, 0.6) is 0 Å². The molecule has 0 aliphatic carbocycles. The van der Waals surface area contributed by atoms with Crippen LogP contribution in [0.15, 0.2) is 0 Å². The Bertz CT molecular complexity index is 111. The van der Waals surface area contributed by atoms with E-state index in [4.69, 9.17) is 0 Å². The molecule has 0 aromatic carbocycles. The molecule has 0 N–H and O–H groups in total. The largest absolute Gasteiger partial charge is 0.303 e. The van der Waals surface area contributed by atoms with Crippen LogP contribution in [0.4, 0.5) is 0 Å². The minimum Gasteiger partial charge on any atom is -0.303 e. The molecule has 0 atom stereocenters. The highest BCUT2D eigenvalue weighted by Crippen LogP contribution is 1.96. The average molecular weight is 199 g/mol. The van der Waals surface area contributed by atoms with E-state index in [2.05, 4.69) is 37.5 Å². The van der Waals surface area contributed by atoms with Crippen molar-refractivity contribution in [1.82, 2.24) is 9.80 Å². The monoisotopic (exact) mass is 199 g/mol. The van der Waals surface area contributed by atoms with Crippen LogP contribution in [-0.2, 0) is 0 Å². The van der Waals surface area contributed by atoms with Gasteiger partial charge in [0.2, 0.25) is 0 Å². The average Bonchev–Trinajstić information content (AvgIpc) is 2.23. The molecule has 0 amide bonds. The summed E-state index contributed by atoms with van der Waals surface area (Å²) in [5.74, 6) is 0. The van der Waals surface area contributed by atoms with Crippen molar-refractivity contribution in [3.8, 4) is 0 Å². The maximum Gasteiger partial charge on any atom is 0.0109 e. The summed E-state index contributed by atoms with van der Waals surface area (Å²) in [4.78, 5) is 4.91. The van der Waals surface area contributed by atoms with Gasteiger partial charge in [0, 0.05) is 13.1 Å². The summed E-state index contributed by atoms with van der Waals surface area (Å²) in [6.07, 6.45) is 2.58. The second-order valence-electron chi connectivity index (χ2n) is 3.72. The van der Waals surface area contributed by atoms with Gasteiger partial charge in [-0.1, -0.05) is 27.2 Å². The molecule has 0 heterocycles. The van der Waals surface area contributed by atoms with Crippen molar-refractivity contribution in [1.29, 1.82) is 0 Å². The second-order valence-corrected chi connectivity index (χ2v) is 3.72. The minimum atomic E-state index is 0.946. The van der Waals surface area contributed by atoms with Gasteiger partial charge in [-0.15, -0.1) is 0 Å². The maximum atomic E-state index is 3.98. The Hall–Kier alpha value is -0.0800. The van der Waals surface area contributed by atoms with E-state index in [0.717, 1.165) is 19.6 Å². The zero-order valence-electron chi connectivity index (χ0n) is 10.3. The SMILES string of the molecule is [CH2]CN(CCCC)CCN(CC)CC. The van der Waals surface area contributed by atoms with Crippen LogP contribution >= 0.6 is 0 Å². The van der Waals surface area contributed by atoms with Gasteiger partial charge in [0.25, 0.3) is 0 Å². The summed E-state index contributed by atoms with van der Waals surface area (Å²) >= 11 is 0. The van der Waals surface area contributed by atoms with Crippen LogP contribution in [0.3, 0.4) is 0 Å². The summed E-state index contributed by atoms with van der Waals surface area (Å²) in [5.41, 5.74) is 0. The normalized spacial score (nSPS) is 11.6. The fourth-order valence-electron chi connectivity index (χ4n) is 1.54. The van der Waals surface area contributed by atoms with Gasteiger partial charge in [0.1, 0.15) is 0 Å². The summed E-state index contributed by atoms with van der Waals surface area (Å²) < 4.78 is 0. The van der Waals surface area contributed by atoms with Gasteiger partial charge >= 0.3 is 0 Å². The lowest BCUT2D eigenvalue weighted by Crippen LogP contribution is -2.35. The van der Waals surface area contributed by atoms with Gasteiger partial charge in [-0.3, -0.25) is 0 Å². The number of likely N-dealkylation sites (N-methyl/N-ethyl adjacent to an activating group) is 1. The van der Waals surface area contributed by atoms with E-state index >= 15 is 0 Å². The molecule has 0 saturated carbocycles. The molecule has 14 heavy (non-hydrogen) atoms. The first-order chi connectivity index (χ1) is 6.78. The summed E-state index contributed by atoms with van der Waals surface area (Å²) in [5, 5.41) is 0. The van der Waals surface area contributed by atoms with E-state index in [1.54, 1.807) is 0 Å². The smallest absolute Gasteiger partial charge is 0.0109 e. The fraction of sp³-hybridized carbons (Fsp3) is 0.917. The van der Waals surface area contributed by atoms with Crippen LogP contribution in [0.2, 0.25) is 0 Å². The summed E-state index contributed by atoms with van der Waals surface area (Å²) in [7, 11) is 0. The molecule has 0 spiro atoms. The first-order valence-corrected chi connectivity index (χ1v) is 6.02. The van der Waals surface area contributed by atoms with Gasteiger partial charge in [0.15, 0.2) is 0 Å². The third-order valence-electron chi connectivity index (χ3n) is 2.77. The molecule has 0 aromatic rings. The van der Waals surface area contributed by atoms with Gasteiger partial charge in [-0.25, -0.2) is 0 Å². The predicted octanol–water partition coefficient (Wildman–Crippen LogP) is 2.26. The Morgan fingerprint density at radius 3 is 1.86 bits per heavy atom. The Morgan fingerprint density at radius 1 is 0.857 bits per heavy atom. The van der Waals surface area contributed by atoms with Crippen molar-refractivity contribution in [2.75, 3.05) is 39.3 Å². The lowest BCUT2D eigenvalue weighted by molar-refractivity contribution is 0.225. The zero-order valence-corrected chi connectivity index (χ0v) is 10.3. The highest BCUT2D eigenvalue weighted by molar-refractivity contribution is 4.62. The molecule has 2 nitrogen and oxygen atoms in total. The Kier molecular flexibility index (Phi) is 9.42. The number of unbranched alkanes of at least 4 members (excludes halogenated alkanes) is 1. The molecule has 1 radical (unpaired) electrons. The first-order valence-electron chi connectivity index (χ1n) is 6.02. The Morgan fingerprint density at radius 2 is 1.43 bits per heavy atom. The molecule has 0 unspecified atom stereocenters. The van der Waals surface area contributed by atoms with E-state index in [1.807, 2.05) is 0 Å². The van der Waals surface area contributed by atoms with Crippen LogP contribution in [0.25, 0.3) is 0 Å². The summed E-state index contributed by atoms with van der Waals surface area (Å²) in [6.45, 7) is 17.5. The van der Waals surface area contributed by atoms with E-state index in [0.29, 0.717) is 0 Å². The van der Waals surface area contributed by atoms with Crippen molar-refractivity contribution in [3.63, 3.8) is 0 Å². The number of hydrogen-bond acceptors (Lipinski definition) is 2. The van der Waals surface area contributed by atoms with Crippen molar-refractivity contribution in [3.05, 3.63) is 6.92 Å². The van der Waals surface area contributed by atoms with Crippen LogP contribution in [0, 0.1) is 6.92 Å². The van der Waals surface area contributed by atoms with E-state index < -0.39 is 0 Å². The van der Waals surface area contributed by atoms with E-state index in [9.17, 15) is 0 Å². The molecule has 0 bridgehead atoms. The lowest BCUT2D eigenvalue weighted by Gasteiger charge is -2.24. The van der Waals surface area contributed by atoms with E-state index in [1.165, 1.54) is 32.5 Å². The highest BCUT2D eigenvalue weighted by atomic mass is 15.2. The first kappa shape index (κ1) is 13.9. The van der Waals surface area contributed by atoms with Crippen LogP contribution < -0.4 is 0 Å². The third kappa shape index (κ3) is 6.39. The number of hydrogen-bond donors (Lipinski definition) is 0. The maximum absolute atomic E-state index is 3.98. The molecule has 0 fully saturated rings. The van der Waals surface area contributed by atoms with Crippen LogP contribution in [0.1, 0.15) is 33.6 Å². The van der Waals surface area contributed by atoms with Crippen molar-refractivity contribution in [2.24, 2.45) is 0 Å². The standard InChI is InChI=1S/C12H27N2/c1-5-9-10-14(8-4)12-11-13(6-2)7-3/h4-12H2,1-3H3. The second kappa shape index (κ2) is 9.47. The third-order valence-corrected chi connectivity index (χ3v) is 2.77. The quantitative estimate of drug-likeness (QED) is 0.562. The lowest BCUT2D eigenvalue weighted by atomic mass is 10.3. The molecule has 85 valence electrons. The van der Waals surface area contributed by atoms with Crippen molar-refractivity contribution in [2.45, 2.75) is 33.6 Å². The molecule has 0 aliphatic rings. The molecule has 0 saturated heterocycles. The van der Waals surface area contributed by atoms with Gasteiger partial charge in [0.05, 0.1) is 0 Å². The highest BCUT2D eigenvalue weighted by Gasteiger charge is 2.04. The molecular weight excluding hydrogens is 172 g/mol. The van der Waals surface area contributed by atoms with Gasteiger partial charge in [-0.05, 0) is 39.5 Å². The molecule has 0 aliphatic heterocycles. The molecule has 0 rings (SSSR count). The molecular formula is C12H27N2. The van der Waals surface area contributed by atoms with Crippen molar-refractivity contribution < 1.29 is 0 Å². The molecule has 0 aromatic heterocycles. The molecule has 2 heteroatoms. The Balaban J connectivity index is 3.59. The van der Waals surface area contributed by atoms with E-state index in [-0.39, 0.29) is 0 Å².